The number of carbonyl (C=O) groups is 1. The lowest BCUT2D eigenvalue weighted by Crippen LogP contribution is -1.97. The second-order valence-corrected chi connectivity index (χ2v) is 5.23. The molecular weight excluding hydrogens is 284 g/mol. The Morgan fingerprint density at radius 2 is 1.22 bits per heavy atom. The molecule has 0 amide bonds. The first-order valence-corrected chi connectivity index (χ1v) is 9.15. The van der Waals surface area contributed by atoms with Crippen LogP contribution in [0.4, 0.5) is 0 Å². The van der Waals surface area contributed by atoms with Gasteiger partial charge in [0, 0.05) is 6.08 Å². The highest BCUT2D eigenvalue weighted by atomic mass is 16.5. The number of ether oxygens (including phenoxy) is 1. The molecule has 0 aromatic carbocycles. The number of carbonyl (C=O) groups excluding carboxylic acids is 1. The predicted octanol–water partition coefficient (Wildman–Crippen LogP) is 7.02. The summed E-state index contributed by atoms with van der Waals surface area (Å²) in [5, 5.41) is 0. The molecule has 0 aromatic heterocycles. The molecule has 0 N–H and O–H groups in total. The zero-order valence-electron chi connectivity index (χ0n) is 15.9. The zero-order chi connectivity index (χ0) is 18.2. The zero-order valence-corrected chi connectivity index (χ0v) is 15.9. The van der Waals surface area contributed by atoms with Crippen molar-refractivity contribution in [3.63, 3.8) is 0 Å². The average Bonchev–Trinajstić information content (AvgIpc) is 2.57. The van der Waals surface area contributed by atoms with Crippen LogP contribution in [0.3, 0.4) is 0 Å². The Morgan fingerprint density at radius 1 is 0.783 bits per heavy atom. The van der Waals surface area contributed by atoms with E-state index in [-0.39, 0.29) is 5.97 Å². The molecule has 0 saturated carbocycles. The van der Waals surface area contributed by atoms with E-state index in [2.05, 4.69) is 38.3 Å². The van der Waals surface area contributed by atoms with Gasteiger partial charge in [0.15, 0.2) is 0 Å². The van der Waals surface area contributed by atoms with Crippen molar-refractivity contribution in [1.29, 1.82) is 0 Å². The lowest BCUT2D eigenvalue weighted by molar-refractivity contribution is -0.137. The van der Waals surface area contributed by atoms with Crippen molar-refractivity contribution >= 4 is 5.97 Å². The lowest BCUT2D eigenvalue weighted by atomic mass is 10.2. The summed E-state index contributed by atoms with van der Waals surface area (Å²) >= 11 is 0. The summed E-state index contributed by atoms with van der Waals surface area (Å²) in [4.78, 5) is 10.1. The first kappa shape index (κ1) is 26.6. The molecule has 0 aliphatic heterocycles. The summed E-state index contributed by atoms with van der Waals surface area (Å²) in [5.74, 6) is -0.359. The van der Waals surface area contributed by atoms with Crippen LogP contribution in [0.25, 0.3) is 0 Å². The molecule has 0 aliphatic rings. The second-order valence-electron chi connectivity index (χ2n) is 5.23. The number of rotatable bonds is 12. The Kier molecular flexibility index (Phi) is 33.3. The highest BCUT2D eigenvalue weighted by Crippen LogP contribution is 2.02. The van der Waals surface area contributed by atoms with E-state index < -0.39 is 0 Å². The fraction of sp³-hybridized carbons (Fsp3) is 0.667. The van der Waals surface area contributed by atoms with Gasteiger partial charge >= 0.3 is 5.97 Å². The third-order valence-electron chi connectivity index (χ3n) is 2.98. The Bertz CT molecular complexity index is 241. The van der Waals surface area contributed by atoms with Crippen LogP contribution in [0.5, 0.6) is 0 Å². The summed E-state index contributed by atoms with van der Waals surface area (Å²) in [5.41, 5.74) is 0. The second kappa shape index (κ2) is 28.8. The quantitative estimate of drug-likeness (QED) is 0.167. The summed E-state index contributed by atoms with van der Waals surface area (Å²) in [6, 6.07) is 0. The molecule has 0 fully saturated rings. The fourth-order valence-electron chi connectivity index (χ4n) is 1.63. The van der Waals surface area contributed by atoms with E-state index >= 15 is 0 Å². The molecule has 2 nitrogen and oxygen atoms in total. The molecule has 0 spiro atoms. The topological polar surface area (TPSA) is 26.3 Å². The molecule has 0 atom stereocenters. The summed E-state index contributed by atoms with van der Waals surface area (Å²) in [7, 11) is 0. The third-order valence-corrected chi connectivity index (χ3v) is 2.98. The van der Waals surface area contributed by atoms with Gasteiger partial charge in [-0.15, -0.1) is 13.2 Å². The molecular formula is C21H40O2. The van der Waals surface area contributed by atoms with Gasteiger partial charge in [0.25, 0.3) is 0 Å². The van der Waals surface area contributed by atoms with Crippen molar-refractivity contribution in [3.05, 3.63) is 38.0 Å². The van der Waals surface area contributed by atoms with Crippen molar-refractivity contribution in [1.82, 2.24) is 0 Å². The number of esters is 1. The van der Waals surface area contributed by atoms with Gasteiger partial charge in [0.2, 0.25) is 0 Å². The number of unbranched alkanes of at least 4 members (excludes halogenated alkanes) is 8. The molecule has 0 saturated heterocycles. The maximum Gasteiger partial charge on any atom is 0.330 e. The lowest BCUT2D eigenvalue weighted by Gasteiger charge is -1.91. The van der Waals surface area contributed by atoms with Gasteiger partial charge in [0.1, 0.15) is 0 Å². The van der Waals surface area contributed by atoms with Crippen LogP contribution >= 0.6 is 0 Å². The van der Waals surface area contributed by atoms with Gasteiger partial charge in [-0.1, -0.05) is 71.1 Å². The van der Waals surface area contributed by atoms with Crippen LogP contribution in [0.2, 0.25) is 0 Å². The van der Waals surface area contributed by atoms with Gasteiger partial charge in [-0.05, 0) is 32.6 Å². The summed E-state index contributed by atoms with van der Waals surface area (Å²) < 4.78 is 4.43. The summed E-state index contributed by atoms with van der Waals surface area (Å²) in [6.07, 6.45) is 18.4. The van der Waals surface area contributed by atoms with E-state index in [1.54, 1.807) is 6.92 Å². The maximum atomic E-state index is 10.1. The monoisotopic (exact) mass is 324 g/mol. The molecule has 0 heterocycles. The van der Waals surface area contributed by atoms with Crippen LogP contribution in [0.1, 0.15) is 85.0 Å². The largest absolute Gasteiger partial charge is 0.463 e. The highest BCUT2D eigenvalue weighted by molar-refractivity contribution is 5.81. The number of hydrogen-bond acceptors (Lipinski definition) is 2. The minimum absolute atomic E-state index is 0.359. The average molecular weight is 325 g/mol. The first-order chi connectivity index (χ1) is 11.1. The SMILES string of the molecule is C=CC(=O)OCC.C=CCCCCCC.C=CCCCCCC. The Hall–Kier alpha value is -1.31. The molecule has 0 aliphatic carbocycles. The molecule has 0 radical (unpaired) electrons. The van der Waals surface area contributed by atoms with E-state index in [4.69, 9.17) is 0 Å². The molecule has 23 heavy (non-hydrogen) atoms. The van der Waals surface area contributed by atoms with Gasteiger partial charge < -0.3 is 4.74 Å². The Morgan fingerprint density at radius 3 is 1.43 bits per heavy atom. The van der Waals surface area contributed by atoms with Gasteiger partial charge in [-0.3, -0.25) is 0 Å². The fourth-order valence-corrected chi connectivity index (χ4v) is 1.63. The van der Waals surface area contributed by atoms with Gasteiger partial charge in [0.05, 0.1) is 6.61 Å². The number of allylic oxidation sites excluding steroid dienone is 2. The minimum Gasteiger partial charge on any atom is -0.463 e. The molecule has 136 valence electrons. The van der Waals surface area contributed by atoms with Crippen molar-refractivity contribution in [3.8, 4) is 0 Å². The minimum atomic E-state index is -0.359. The van der Waals surface area contributed by atoms with Gasteiger partial charge in [-0.2, -0.15) is 0 Å². The van der Waals surface area contributed by atoms with Crippen LogP contribution in [-0.2, 0) is 9.53 Å². The van der Waals surface area contributed by atoms with Crippen molar-refractivity contribution in [2.45, 2.75) is 85.0 Å². The Labute approximate surface area is 145 Å². The van der Waals surface area contributed by atoms with E-state index in [1.807, 2.05) is 12.2 Å². The molecule has 2 heteroatoms. The summed E-state index contributed by atoms with van der Waals surface area (Å²) in [6.45, 7) is 17.2. The predicted molar refractivity (Wildman–Crippen MR) is 105 cm³/mol. The molecule has 0 bridgehead atoms. The van der Waals surface area contributed by atoms with Crippen LogP contribution in [-0.4, -0.2) is 12.6 Å². The van der Waals surface area contributed by atoms with E-state index in [0.29, 0.717) is 6.61 Å². The maximum absolute atomic E-state index is 10.1. The van der Waals surface area contributed by atoms with Crippen molar-refractivity contribution < 1.29 is 9.53 Å². The molecule has 0 unspecified atom stereocenters. The van der Waals surface area contributed by atoms with Crippen molar-refractivity contribution in [2.75, 3.05) is 6.61 Å². The third kappa shape index (κ3) is 38.6. The Balaban J connectivity index is -0.000000262. The van der Waals surface area contributed by atoms with Crippen LogP contribution < -0.4 is 0 Å². The van der Waals surface area contributed by atoms with Crippen molar-refractivity contribution in [2.24, 2.45) is 0 Å². The standard InChI is InChI=1S/2C8H16.C5H8O2/c2*1-3-5-7-8-6-4-2;1-3-5(6)7-4-2/h2*3H,1,4-8H2,2H3;3H,1,4H2,2H3. The normalized spacial score (nSPS) is 8.65. The van der Waals surface area contributed by atoms with E-state index in [9.17, 15) is 4.79 Å². The smallest absolute Gasteiger partial charge is 0.330 e. The van der Waals surface area contributed by atoms with Gasteiger partial charge in [-0.25, -0.2) is 4.79 Å². The first-order valence-electron chi connectivity index (χ1n) is 9.15. The number of hydrogen-bond donors (Lipinski definition) is 0. The van der Waals surface area contributed by atoms with E-state index in [1.165, 1.54) is 64.2 Å². The molecule has 0 rings (SSSR count). The van der Waals surface area contributed by atoms with Crippen LogP contribution in [0.15, 0.2) is 38.0 Å². The van der Waals surface area contributed by atoms with Crippen LogP contribution in [0, 0.1) is 0 Å². The van der Waals surface area contributed by atoms with E-state index in [0.717, 1.165) is 6.08 Å². The highest BCUT2D eigenvalue weighted by Gasteiger charge is 1.86. The molecule has 0 aromatic rings.